The zero-order valence-corrected chi connectivity index (χ0v) is 33.6. The topological polar surface area (TPSA) is 8.17 Å². The molecule has 62 heavy (non-hydrogen) atoms. The number of allylic oxidation sites excluding steroid dienone is 4. The van der Waals surface area contributed by atoms with Gasteiger partial charge in [-0.1, -0.05) is 146 Å². The summed E-state index contributed by atoms with van der Waals surface area (Å²) < 4.78 is 44.9. The summed E-state index contributed by atoms with van der Waals surface area (Å²) in [6, 6.07) is 64.5. The van der Waals surface area contributed by atoms with Crippen LogP contribution in [-0.2, 0) is 6.18 Å². The van der Waals surface area contributed by atoms with Gasteiger partial charge < -0.3 is 9.47 Å². The minimum atomic E-state index is -4.49. The van der Waals surface area contributed by atoms with Crippen molar-refractivity contribution in [2.24, 2.45) is 0 Å². The van der Waals surface area contributed by atoms with Crippen molar-refractivity contribution < 1.29 is 13.2 Å². The standard InChI is InChI=1S/C57H39F3N2/c58-57(59,60)42-16-13-19-46(37-42)61(44-31-26-38(27-32-44)41-30-35-54-52(36-41)47-20-11-12-25-53(47)62(54)43-17-5-2-6-18-43)45-33-28-40(29-34-45)56-50-23-9-7-21-48(50)55(39-14-3-1-4-15-39)49-22-8-10-24-51(49)56/h1,3-5,7-37H,2,6H2. The summed E-state index contributed by atoms with van der Waals surface area (Å²) in [5, 5.41) is 6.94. The van der Waals surface area contributed by atoms with E-state index in [9.17, 15) is 13.2 Å². The highest BCUT2D eigenvalue weighted by Crippen LogP contribution is 2.45. The Morgan fingerprint density at radius 3 is 1.53 bits per heavy atom. The molecule has 2 nitrogen and oxygen atoms in total. The first kappa shape index (κ1) is 37.4. The third kappa shape index (κ3) is 6.45. The van der Waals surface area contributed by atoms with E-state index in [0.717, 1.165) is 85.2 Å². The smallest absolute Gasteiger partial charge is 0.310 e. The van der Waals surface area contributed by atoms with Gasteiger partial charge in [-0.25, -0.2) is 0 Å². The summed E-state index contributed by atoms with van der Waals surface area (Å²) in [7, 11) is 0. The van der Waals surface area contributed by atoms with Crippen LogP contribution in [0.1, 0.15) is 18.4 Å². The molecule has 1 aliphatic rings. The first-order valence-corrected chi connectivity index (χ1v) is 21.0. The average Bonchev–Trinajstić information content (AvgIpc) is 3.65. The van der Waals surface area contributed by atoms with Crippen molar-refractivity contribution in [1.82, 2.24) is 4.57 Å². The number of aromatic nitrogens is 1. The highest BCUT2D eigenvalue weighted by atomic mass is 19.4. The Hall–Kier alpha value is -7.63. The van der Waals surface area contributed by atoms with E-state index in [1.54, 1.807) is 6.07 Å². The van der Waals surface area contributed by atoms with Gasteiger partial charge in [-0.2, -0.15) is 13.2 Å². The molecule has 0 fully saturated rings. The summed E-state index contributed by atoms with van der Waals surface area (Å²) in [5.41, 5.74) is 11.3. The van der Waals surface area contributed by atoms with E-state index in [-0.39, 0.29) is 0 Å². The predicted octanol–water partition coefficient (Wildman–Crippen LogP) is 16.8. The van der Waals surface area contributed by atoms with Crippen molar-refractivity contribution >= 4 is 66.1 Å². The van der Waals surface area contributed by atoms with E-state index in [1.165, 1.54) is 39.7 Å². The molecule has 0 radical (unpaired) electrons. The van der Waals surface area contributed by atoms with Crippen LogP contribution in [-0.4, -0.2) is 4.57 Å². The van der Waals surface area contributed by atoms with Crippen LogP contribution in [0.15, 0.2) is 212 Å². The van der Waals surface area contributed by atoms with Crippen LogP contribution in [0.3, 0.4) is 0 Å². The largest absolute Gasteiger partial charge is 0.416 e. The molecule has 0 spiro atoms. The molecule has 9 aromatic carbocycles. The molecule has 0 aliphatic heterocycles. The van der Waals surface area contributed by atoms with E-state index >= 15 is 0 Å². The van der Waals surface area contributed by atoms with Gasteiger partial charge in [0.25, 0.3) is 0 Å². The third-order valence-corrected chi connectivity index (χ3v) is 12.2. The van der Waals surface area contributed by atoms with Gasteiger partial charge in [-0.3, -0.25) is 0 Å². The van der Waals surface area contributed by atoms with Crippen LogP contribution in [0.2, 0.25) is 0 Å². The molecule has 0 atom stereocenters. The number of alkyl halides is 3. The fourth-order valence-corrected chi connectivity index (χ4v) is 9.40. The second kappa shape index (κ2) is 15.1. The zero-order valence-electron chi connectivity index (χ0n) is 33.6. The molecule has 0 amide bonds. The zero-order chi connectivity index (χ0) is 41.8. The van der Waals surface area contributed by atoms with Crippen molar-refractivity contribution in [1.29, 1.82) is 0 Å². The van der Waals surface area contributed by atoms with E-state index in [2.05, 4.69) is 162 Å². The molecule has 5 heteroatoms. The molecule has 1 aromatic heterocycles. The Kier molecular flexibility index (Phi) is 9.12. The molecule has 1 aliphatic carbocycles. The normalized spacial score (nSPS) is 13.0. The molecule has 0 N–H and O–H groups in total. The van der Waals surface area contributed by atoms with Crippen LogP contribution in [0.5, 0.6) is 0 Å². The quantitative estimate of drug-likeness (QED) is 0.146. The monoisotopic (exact) mass is 808 g/mol. The Balaban J connectivity index is 1.01. The molecule has 298 valence electrons. The van der Waals surface area contributed by atoms with Crippen molar-refractivity contribution in [2.75, 3.05) is 4.90 Å². The van der Waals surface area contributed by atoms with Gasteiger partial charge in [-0.05, 0) is 135 Å². The number of fused-ring (bicyclic) bond motifs is 5. The molecule has 0 saturated carbocycles. The molecule has 10 aromatic rings. The number of anilines is 3. The lowest BCUT2D eigenvalue weighted by Crippen LogP contribution is -2.12. The van der Waals surface area contributed by atoms with E-state index in [1.807, 2.05) is 35.2 Å². The van der Waals surface area contributed by atoms with E-state index in [4.69, 9.17) is 0 Å². The Labute approximate surface area is 357 Å². The number of benzene rings is 9. The minimum Gasteiger partial charge on any atom is -0.310 e. The van der Waals surface area contributed by atoms with Crippen molar-refractivity contribution in [3.8, 4) is 33.4 Å². The summed E-state index contributed by atoms with van der Waals surface area (Å²) in [4.78, 5) is 1.90. The predicted molar refractivity (Wildman–Crippen MR) is 253 cm³/mol. The lowest BCUT2D eigenvalue weighted by Gasteiger charge is -2.27. The molecular weight excluding hydrogens is 770 g/mol. The molecule has 0 bridgehead atoms. The number of nitrogens with zero attached hydrogens (tertiary/aromatic N) is 2. The van der Waals surface area contributed by atoms with Gasteiger partial charge in [0.2, 0.25) is 0 Å². The summed E-state index contributed by atoms with van der Waals surface area (Å²) in [6.45, 7) is 0. The van der Waals surface area contributed by atoms with Crippen LogP contribution in [0.4, 0.5) is 30.2 Å². The van der Waals surface area contributed by atoms with Crippen LogP contribution >= 0.6 is 0 Å². The van der Waals surface area contributed by atoms with Gasteiger partial charge in [0.05, 0.1) is 16.6 Å². The van der Waals surface area contributed by atoms with E-state index < -0.39 is 11.7 Å². The van der Waals surface area contributed by atoms with Crippen molar-refractivity contribution in [2.45, 2.75) is 19.0 Å². The second-order valence-electron chi connectivity index (χ2n) is 15.9. The Bertz CT molecular complexity index is 3320. The Morgan fingerprint density at radius 2 is 0.935 bits per heavy atom. The summed E-state index contributed by atoms with van der Waals surface area (Å²) in [5.74, 6) is 0. The maximum absolute atomic E-state index is 14.2. The van der Waals surface area contributed by atoms with Crippen LogP contribution in [0.25, 0.3) is 82.4 Å². The summed E-state index contributed by atoms with van der Waals surface area (Å²) in [6.07, 6.45) is 4.32. The average molecular weight is 809 g/mol. The first-order valence-electron chi connectivity index (χ1n) is 21.0. The van der Waals surface area contributed by atoms with E-state index in [0.29, 0.717) is 5.69 Å². The fraction of sp³-hybridized carbons (Fsp3) is 0.0526. The minimum absolute atomic E-state index is 0.420. The second-order valence-corrected chi connectivity index (χ2v) is 15.9. The first-order chi connectivity index (χ1) is 30.4. The van der Waals surface area contributed by atoms with Gasteiger partial charge >= 0.3 is 6.18 Å². The lowest BCUT2D eigenvalue weighted by molar-refractivity contribution is -0.137. The Morgan fingerprint density at radius 1 is 0.403 bits per heavy atom. The lowest BCUT2D eigenvalue weighted by atomic mass is 9.86. The maximum atomic E-state index is 14.2. The number of para-hydroxylation sites is 1. The highest BCUT2D eigenvalue weighted by molar-refractivity contribution is 6.21. The fourth-order valence-electron chi connectivity index (χ4n) is 9.40. The number of rotatable bonds is 7. The number of halogens is 3. The molecule has 1 heterocycles. The van der Waals surface area contributed by atoms with Gasteiger partial charge in [-0.15, -0.1) is 0 Å². The molecule has 0 saturated heterocycles. The highest BCUT2D eigenvalue weighted by Gasteiger charge is 2.31. The van der Waals surface area contributed by atoms with Crippen LogP contribution < -0.4 is 4.90 Å². The third-order valence-electron chi connectivity index (χ3n) is 12.2. The summed E-state index contributed by atoms with van der Waals surface area (Å²) >= 11 is 0. The maximum Gasteiger partial charge on any atom is 0.416 e. The van der Waals surface area contributed by atoms with Crippen molar-refractivity contribution in [3.63, 3.8) is 0 Å². The van der Waals surface area contributed by atoms with Gasteiger partial charge in [0, 0.05) is 33.5 Å². The van der Waals surface area contributed by atoms with Gasteiger partial charge in [0.1, 0.15) is 0 Å². The number of hydrogen-bond donors (Lipinski definition) is 0. The molecule has 11 rings (SSSR count). The van der Waals surface area contributed by atoms with Gasteiger partial charge in [0.15, 0.2) is 0 Å². The SMILES string of the molecule is FC(F)(F)c1cccc(N(c2ccc(-c3ccc4c(c3)c3ccccc3n4C3=CCCC=C3)cc2)c2ccc(-c3c4ccccc4c(-c4ccccc4)c4ccccc34)cc2)c1. The van der Waals surface area contributed by atoms with Crippen LogP contribution in [0, 0.1) is 0 Å². The molecular formula is C57H39F3N2. The van der Waals surface area contributed by atoms with Crippen molar-refractivity contribution in [3.05, 3.63) is 218 Å². The molecule has 0 unspecified atom stereocenters. The number of hydrogen-bond acceptors (Lipinski definition) is 1.